The molecule has 2 nitrogen and oxygen atoms in total. The standard InChI is InChI=1S/C19H19ClN2S/c1-3-11-19(2)18(23)21-16-10-9-14(20)12-15(16)17(22-19)13-7-5-4-6-8-13/h4-10,12H,3,11H2,1-2H3,(H,21,23). The van der Waals surface area contributed by atoms with E-state index in [-0.39, 0.29) is 0 Å². The lowest BCUT2D eigenvalue weighted by Crippen LogP contribution is -2.36. The van der Waals surface area contributed by atoms with Gasteiger partial charge in [0.25, 0.3) is 0 Å². The van der Waals surface area contributed by atoms with Crippen LogP contribution >= 0.6 is 23.8 Å². The van der Waals surface area contributed by atoms with Crippen LogP contribution in [0, 0.1) is 0 Å². The zero-order valence-electron chi connectivity index (χ0n) is 13.3. The molecule has 4 heteroatoms. The lowest BCUT2D eigenvalue weighted by molar-refractivity contribution is 0.569. The summed E-state index contributed by atoms with van der Waals surface area (Å²) in [5.41, 5.74) is 3.55. The number of thiocarbonyl (C=S) groups is 1. The van der Waals surface area contributed by atoms with Gasteiger partial charge in [-0.3, -0.25) is 4.99 Å². The highest BCUT2D eigenvalue weighted by molar-refractivity contribution is 7.80. The van der Waals surface area contributed by atoms with E-state index in [2.05, 4.69) is 31.3 Å². The molecule has 0 saturated heterocycles. The molecule has 2 aromatic carbocycles. The Kier molecular flexibility index (Phi) is 4.51. The third-order valence-electron chi connectivity index (χ3n) is 4.12. The van der Waals surface area contributed by atoms with Crippen LogP contribution < -0.4 is 5.32 Å². The maximum atomic E-state index is 6.24. The van der Waals surface area contributed by atoms with Gasteiger partial charge in [0.05, 0.1) is 5.71 Å². The molecule has 23 heavy (non-hydrogen) atoms. The fourth-order valence-electron chi connectivity index (χ4n) is 2.91. The number of aliphatic imine (C=N–C) groups is 1. The van der Waals surface area contributed by atoms with E-state index >= 15 is 0 Å². The fourth-order valence-corrected chi connectivity index (χ4v) is 3.34. The number of hydrogen-bond donors (Lipinski definition) is 1. The van der Waals surface area contributed by atoms with Crippen LogP contribution in [-0.2, 0) is 0 Å². The second-order valence-corrected chi connectivity index (χ2v) is 6.84. The zero-order chi connectivity index (χ0) is 16.4. The lowest BCUT2D eigenvalue weighted by Gasteiger charge is -2.25. The van der Waals surface area contributed by atoms with Crippen molar-refractivity contribution < 1.29 is 0 Å². The van der Waals surface area contributed by atoms with Crippen molar-refractivity contribution in [2.45, 2.75) is 32.2 Å². The monoisotopic (exact) mass is 342 g/mol. The summed E-state index contributed by atoms with van der Waals surface area (Å²) in [4.78, 5) is 5.84. The molecule has 0 fully saturated rings. The normalized spacial score (nSPS) is 20.3. The van der Waals surface area contributed by atoms with Gasteiger partial charge in [0.1, 0.15) is 10.5 Å². The van der Waals surface area contributed by atoms with Gasteiger partial charge in [0.2, 0.25) is 0 Å². The predicted octanol–water partition coefficient (Wildman–Crippen LogP) is 5.49. The summed E-state index contributed by atoms with van der Waals surface area (Å²) in [7, 11) is 0. The Morgan fingerprint density at radius 2 is 1.91 bits per heavy atom. The summed E-state index contributed by atoms with van der Waals surface area (Å²) in [5.74, 6) is 0. The van der Waals surface area contributed by atoms with E-state index in [4.69, 9.17) is 28.8 Å². The minimum absolute atomic E-state index is 0.416. The molecule has 0 aliphatic carbocycles. The molecule has 2 aromatic rings. The van der Waals surface area contributed by atoms with Crippen LogP contribution in [0.5, 0.6) is 0 Å². The van der Waals surface area contributed by atoms with E-state index in [9.17, 15) is 0 Å². The predicted molar refractivity (Wildman–Crippen MR) is 103 cm³/mol. The van der Waals surface area contributed by atoms with Gasteiger partial charge in [-0.05, 0) is 31.5 Å². The number of hydrogen-bond acceptors (Lipinski definition) is 2. The SMILES string of the molecule is CCCC1(C)N=C(c2ccccc2)c2cc(Cl)ccc2NC1=S. The number of halogens is 1. The molecule has 118 valence electrons. The minimum Gasteiger partial charge on any atom is -0.347 e. The Morgan fingerprint density at radius 1 is 1.17 bits per heavy atom. The molecule has 3 rings (SSSR count). The number of benzodiazepines with no additional fused rings is 1. The van der Waals surface area contributed by atoms with E-state index in [1.54, 1.807) is 0 Å². The van der Waals surface area contributed by atoms with Gasteiger partial charge in [0, 0.05) is 21.8 Å². The first kappa shape index (κ1) is 16.2. The molecular weight excluding hydrogens is 324 g/mol. The molecule has 1 heterocycles. The first-order valence-corrected chi connectivity index (χ1v) is 8.59. The summed E-state index contributed by atoms with van der Waals surface area (Å²) in [6.07, 6.45) is 1.91. The quantitative estimate of drug-likeness (QED) is 0.746. The van der Waals surface area contributed by atoms with E-state index in [1.165, 1.54) is 0 Å². The highest BCUT2D eigenvalue weighted by atomic mass is 35.5. The van der Waals surface area contributed by atoms with Crippen LogP contribution in [0.2, 0.25) is 5.02 Å². The highest BCUT2D eigenvalue weighted by Gasteiger charge is 2.32. The number of anilines is 1. The Morgan fingerprint density at radius 3 is 2.61 bits per heavy atom. The van der Waals surface area contributed by atoms with Gasteiger partial charge in [-0.25, -0.2) is 0 Å². The second kappa shape index (κ2) is 6.42. The maximum absolute atomic E-state index is 6.24. The van der Waals surface area contributed by atoms with E-state index in [1.807, 2.05) is 36.4 Å². The second-order valence-electron chi connectivity index (χ2n) is 5.99. The van der Waals surface area contributed by atoms with E-state index < -0.39 is 5.54 Å². The van der Waals surface area contributed by atoms with Crippen LogP contribution in [-0.4, -0.2) is 16.2 Å². The summed E-state index contributed by atoms with van der Waals surface area (Å²) < 4.78 is 0. The van der Waals surface area contributed by atoms with Gasteiger partial charge in [-0.15, -0.1) is 0 Å². The maximum Gasteiger partial charge on any atom is 0.109 e. The molecule has 1 aliphatic heterocycles. The molecule has 1 N–H and O–H groups in total. The van der Waals surface area contributed by atoms with Crippen molar-refractivity contribution in [2.75, 3.05) is 5.32 Å². The van der Waals surface area contributed by atoms with Crippen LogP contribution in [0.4, 0.5) is 5.69 Å². The highest BCUT2D eigenvalue weighted by Crippen LogP contribution is 2.32. The molecule has 1 aliphatic rings. The van der Waals surface area contributed by atoms with Gasteiger partial charge >= 0.3 is 0 Å². The Labute approximate surface area is 147 Å². The van der Waals surface area contributed by atoms with Crippen LogP contribution in [0.15, 0.2) is 53.5 Å². The zero-order valence-corrected chi connectivity index (χ0v) is 14.8. The van der Waals surface area contributed by atoms with Crippen LogP contribution in [0.3, 0.4) is 0 Å². The van der Waals surface area contributed by atoms with E-state index in [0.717, 1.165) is 40.4 Å². The Hall–Kier alpha value is -1.71. The Balaban J connectivity index is 2.25. The number of nitrogens with one attached hydrogen (secondary N) is 1. The molecule has 1 unspecified atom stereocenters. The van der Waals surface area contributed by atoms with Crippen molar-refractivity contribution in [2.24, 2.45) is 4.99 Å². The topological polar surface area (TPSA) is 24.4 Å². The first-order chi connectivity index (χ1) is 11.0. The van der Waals surface area contributed by atoms with Gasteiger partial charge in [0.15, 0.2) is 0 Å². The molecule has 0 saturated carbocycles. The molecule has 0 radical (unpaired) electrons. The average molecular weight is 343 g/mol. The summed E-state index contributed by atoms with van der Waals surface area (Å²) in [5, 5.41) is 4.08. The number of fused-ring (bicyclic) bond motifs is 1. The summed E-state index contributed by atoms with van der Waals surface area (Å²) >= 11 is 11.9. The lowest BCUT2D eigenvalue weighted by atomic mass is 9.95. The van der Waals surface area contributed by atoms with Crippen molar-refractivity contribution in [3.63, 3.8) is 0 Å². The van der Waals surface area contributed by atoms with E-state index in [0.29, 0.717) is 5.02 Å². The van der Waals surface area contributed by atoms with Crippen LogP contribution in [0.1, 0.15) is 37.8 Å². The largest absolute Gasteiger partial charge is 0.347 e. The number of rotatable bonds is 3. The smallest absolute Gasteiger partial charge is 0.109 e. The summed E-state index contributed by atoms with van der Waals surface area (Å²) in [6.45, 7) is 4.25. The number of nitrogens with zero attached hydrogens (tertiary/aromatic N) is 1. The summed E-state index contributed by atoms with van der Waals surface area (Å²) in [6, 6.07) is 16.0. The fraction of sp³-hybridized carbons (Fsp3) is 0.263. The van der Waals surface area contributed by atoms with Crippen molar-refractivity contribution in [3.05, 3.63) is 64.7 Å². The van der Waals surface area contributed by atoms with Gasteiger partial charge in [-0.2, -0.15) is 0 Å². The van der Waals surface area contributed by atoms with Gasteiger partial charge < -0.3 is 5.32 Å². The first-order valence-electron chi connectivity index (χ1n) is 7.80. The van der Waals surface area contributed by atoms with Crippen molar-refractivity contribution in [1.82, 2.24) is 0 Å². The molecule has 0 spiro atoms. The van der Waals surface area contributed by atoms with Crippen molar-refractivity contribution >= 4 is 40.2 Å². The Bertz CT molecular complexity index is 770. The molecule has 0 aromatic heterocycles. The molecule has 1 atom stereocenters. The third-order valence-corrected chi connectivity index (χ3v) is 4.89. The number of benzene rings is 2. The van der Waals surface area contributed by atoms with Crippen LogP contribution in [0.25, 0.3) is 0 Å². The van der Waals surface area contributed by atoms with Crippen molar-refractivity contribution in [1.29, 1.82) is 0 Å². The molecular formula is C19H19ClN2S. The molecule has 0 amide bonds. The average Bonchev–Trinajstić information content (AvgIpc) is 2.65. The van der Waals surface area contributed by atoms with Crippen molar-refractivity contribution in [3.8, 4) is 0 Å². The minimum atomic E-state index is -0.416. The molecule has 0 bridgehead atoms. The van der Waals surface area contributed by atoms with Gasteiger partial charge in [-0.1, -0.05) is 67.5 Å². The third kappa shape index (κ3) is 3.17.